The standard InChI is InChI=1S/C32H32N4O3S2/c1-3-22(2)26-12-7-8-13-28(26)39-19-9-18-38-25-16-14-23(15-17-25)20-27-29(33)36-31(34-30(27)37)41-35-32(36)40-21-24-10-5-4-6-11-24/h4-8,10-17,20,22,33H,3,9,18-19,21H2,1-2H3/b27-20-,33-29?. The van der Waals surface area contributed by atoms with Crippen LogP contribution in [-0.4, -0.2) is 40.2 Å². The third kappa shape index (κ3) is 7.10. The summed E-state index contributed by atoms with van der Waals surface area (Å²) in [5.74, 6) is 2.50. The van der Waals surface area contributed by atoms with Gasteiger partial charge in [0, 0.05) is 12.2 Å². The van der Waals surface area contributed by atoms with Gasteiger partial charge in [0.15, 0.2) is 5.17 Å². The van der Waals surface area contributed by atoms with E-state index in [0.29, 0.717) is 35.2 Å². The molecule has 1 atom stereocenters. The van der Waals surface area contributed by atoms with E-state index in [1.807, 2.05) is 54.6 Å². The molecule has 1 unspecified atom stereocenters. The van der Waals surface area contributed by atoms with Gasteiger partial charge < -0.3 is 9.47 Å². The lowest BCUT2D eigenvalue weighted by atomic mass is 9.98. The number of hydrogen-bond acceptors (Lipinski definition) is 7. The van der Waals surface area contributed by atoms with E-state index in [4.69, 9.17) is 14.9 Å². The van der Waals surface area contributed by atoms with Crippen molar-refractivity contribution >= 4 is 51.9 Å². The molecule has 3 aromatic rings. The van der Waals surface area contributed by atoms with E-state index >= 15 is 0 Å². The molecule has 9 heteroatoms. The van der Waals surface area contributed by atoms with Crippen LogP contribution < -0.4 is 9.47 Å². The van der Waals surface area contributed by atoms with Crippen molar-refractivity contribution in [1.29, 1.82) is 5.41 Å². The van der Waals surface area contributed by atoms with Gasteiger partial charge in [0.05, 0.1) is 30.7 Å². The molecule has 2 heterocycles. The maximum Gasteiger partial charge on any atom is 0.283 e. The third-order valence-electron chi connectivity index (χ3n) is 6.77. The molecule has 0 spiro atoms. The van der Waals surface area contributed by atoms with Crippen LogP contribution in [0.4, 0.5) is 0 Å². The maximum atomic E-state index is 12.8. The Morgan fingerprint density at radius 1 is 1.00 bits per heavy atom. The van der Waals surface area contributed by atoms with E-state index < -0.39 is 5.91 Å². The Bertz CT molecular complexity index is 1490. The first-order chi connectivity index (χ1) is 20.0. The highest BCUT2D eigenvalue weighted by Crippen LogP contribution is 2.33. The maximum absolute atomic E-state index is 12.8. The summed E-state index contributed by atoms with van der Waals surface area (Å²) in [7, 11) is 0. The normalized spacial score (nSPS) is 16.3. The molecule has 5 rings (SSSR count). The zero-order valence-corrected chi connectivity index (χ0v) is 24.7. The highest BCUT2D eigenvalue weighted by Gasteiger charge is 2.37. The van der Waals surface area contributed by atoms with E-state index in [9.17, 15) is 4.79 Å². The summed E-state index contributed by atoms with van der Waals surface area (Å²) >= 11 is 2.65. The number of carbonyl (C=O) groups excluding carboxylic acids is 1. The molecule has 2 aliphatic heterocycles. The minimum absolute atomic E-state index is 0.0829. The van der Waals surface area contributed by atoms with Crippen LogP contribution in [0.5, 0.6) is 11.5 Å². The minimum Gasteiger partial charge on any atom is -0.493 e. The number of amidine groups is 3. The molecule has 0 aromatic heterocycles. The number of hydrogen-bond donors (Lipinski definition) is 1. The molecule has 1 N–H and O–H groups in total. The number of nitrogens with zero attached hydrogens (tertiary/aromatic N) is 3. The first-order valence-corrected chi connectivity index (χ1v) is 15.4. The number of aliphatic imine (C=N–C) groups is 1. The minimum atomic E-state index is -0.437. The van der Waals surface area contributed by atoms with Crippen molar-refractivity contribution < 1.29 is 14.3 Å². The predicted octanol–water partition coefficient (Wildman–Crippen LogP) is 7.56. The first kappa shape index (κ1) is 28.7. The number of fused-ring (bicyclic) bond motifs is 1. The summed E-state index contributed by atoms with van der Waals surface area (Å²) in [5, 5.41) is 9.83. The average molecular weight is 585 g/mol. The van der Waals surface area contributed by atoms with Crippen LogP contribution in [0.25, 0.3) is 6.08 Å². The molecule has 0 bridgehead atoms. The number of rotatable bonds is 11. The van der Waals surface area contributed by atoms with Gasteiger partial charge >= 0.3 is 0 Å². The van der Waals surface area contributed by atoms with Crippen molar-refractivity contribution in [2.75, 3.05) is 13.2 Å². The molecule has 210 valence electrons. The van der Waals surface area contributed by atoms with Crippen molar-refractivity contribution in [2.24, 2.45) is 9.39 Å². The molecule has 0 aliphatic carbocycles. The molecule has 0 saturated carbocycles. The lowest BCUT2D eigenvalue weighted by Crippen LogP contribution is -2.41. The number of benzene rings is 3. The summed E-state index contributed by atoms with van der Waals surface area (Å²) in [6, 6.07) is 25.8. The fourth-order valence-electron chi connectivity index (χ4n) is 4.31. The van der Waals surface area contributed by atoms with Crippen molar-refractivity contribution in [3.05, 3.63) is 101 Å². The highest BCUT2D eigenvalue weighted by molar-refractivity contribution is 8.18. The van der Waals surface area contributed by atoms with E-state index in [-0.39, 0.29) is 11.4 Å². The van der Waals surface area contributed by atoms with E-state index in [1.165, 1.54) is 17.3 Å². The summed E-state index contributed by atoms with van der Waals surface area (Å²) in [6.45, 7) is 5.50. The smallest absolute Gasteiger partial charge is 0.283 e. The molecule has 41 heavy (non-hydrogen) atoms. The van der Waals surface area contributed by atoms with Crippen LogP contribution in [0.2, 0.25) is 0 Å². The van der Waals surface area contributed by atoms with Gasteiger partial charge in [0.25, 0.3) is 5.91 Å². The second-order valence-electron chi connectivity index (χ2n) is 9.65. The number of nitrogens with one attached hydrogen (secondary N) is 1. The second-order valence-corrected chi connectivity index (χ2v) is 11.3. The first-order valence-electron chi connectivity index (χ1n) is 13.6. The van der Waals surface area contributed by atoms with Crippen LogP contribution in [-0.2, 0) is 10.5 Å². The van der Waals surface area contributed by atoms with Crippen molar-refractivity contribution in [2.45, 2.75) is 38.4 Å². The Morgan fingerprint density at radius 3 is 2.51 bits per heavy atom. The summed E-state index contributed by atoms with van der Waals surface area (Å²) in [5.41, 5.74) is 3.42. The van der Waals surface area contributed by atoms with Crippen LogP contribution in [0.3, 0.4) is 0 Å². The number of thioether (sulfide) groups is 1. The van der Waals surface area contributed by atoms with Gasteiger partial charge in [-0.3, -0.25) is 10.2 Å². The predicted molar refractivity (Wildman–Crippen MR) is 170 cm³/mol. The van der Waals surface area contributed by atoms with E-state index in [2.05, 4.69) is 47.5 Å². The monoisotopic (exact) mass is 584 g/mol. The van der Waals surface area contributed by atoms with Gasteiger partial charge in [-0.05, 0) is 53.3 Å². The molecular formula is C32H32N4O3S2. The lowest BCUT2D eigenvalue weighted by molar-refractivity contribution is -0.114. The van der Waals surface area contributed by atoms with Gasteiger partial charge in [-0.15, -0.1) is 0 Å². The lowest BCUT2D eigenvalue weighted by Gasteiger charge is -2.24. The molecular weight excluding hydrogens is 553 g/mol. The number of ether oxygens (including phenoxy) is 2. The van der Waals surface area contributed by atoms with Crippen molar-refractivity contribution in [1.82, 2.24) is 4.90 Å². The SMILES string of the molecule is CCC(C)c1ccccc1OCCCOc1ccc(/C=C2/C(=N)N3C(SCc4ccccc4)=NSC3=NC2=O)cc1. The van der Waals surface area contributed by atoms with Gasteiger partial charge in [0.2, 0.25) is 5.17 Å². The Labute approximate surface area is 249 Å². The van der Waals surface area contributed by atoms with Crippen LogP contribution in [0, 0.1) is 5.41 Å². The molecule has 3 aromatic carbocycles. The van der Waals surface area contributed by atoms with E-state index in [0.717, 1.165) is 47.4 Å². The number of carbonyl (C=O) groups is 1. The number of para-hydroxylation sites is 1. The fourth-order valence-corrected chi connectivity index (χ4v) is 6.11. The highest BCUT2D eigenvalue weighted by atomic mass is 32.2. The van der Waals surface area contributed by atoms with Gasteiger partial charge in [0.1, 0.15) is 17.3 Å². The quantitative estimate of drug-likeness (QED) is 0.142. The Hall–Kier alpha value is -3.82. The summed E-state index contributed by atoms with van der Waals surface area (Å²) in [4.78, 5) is 18.6. The second kappa shape index (κ2) is 13.7. The van der Waals surface area contributed by atoms with Crippen LogP contribution >= 0.6 is 23.7 Å². The molecule has 7 nitrogen and oxygen atoms in total. The fraction of sp³-hybridized carbons (Fsp3) is 0.250. The number of amides is 1. The summed E-state index contributed by atoms with van der Waals surface area (Å²) in [6.07, 6.45) is 3.52. The zero-order valence-electron chi connectivity index (χ0n) is 23.1. The van der Waals surface area contributed by atoms with Crippen LogP contribution in [0.15, 0.2) is 93.8 Å². The van der Waals surface area contributed by atoms with Crippen LogP contribution in [0.1, 0.15) is 49.3 Å². The molecule has 1 amide bonds. The van der Waals surface area contributed by atoms with Gasteiger partial charge in [-0.2, -0.15) is 9.39 Å². The van der Waals surface area contributed by atoms with Crippen molar-refractivity contribution in [3.8, 4) is 11.5 Å². The Morgan fingerprint density at radius 2 is 1.73 bits per heavy atom. The molecule has 2 aliphatic rings. The topological polar surface area (TPSA) is 87.3 Å². The zero-order chi connectivity index (χ0) is 28.6. The third-order valence-corrected chi connectivity index (χ3v) is 8.60. The summed E-state index contributed by atoms with van der Waals surface area (Å²) < 4.78 is 16.4. The molecule has 0 saturated heterocycles. The Kier molecular flexibility index (Phi) is 9.59. The Balaban J connectivity index is 1.14. The van der Waals surface area contributed by atoms with E-state index in [1.54, 1.807) is 11.0 Å². The molecule has 0 radical (unpaired) electrons. The van der Waals surface area contributed by atoms with Gasteiger partial charge in [-0.1, -0.05) is 86.3 Å². The average Bonchev–Trinajstić information content (AvgIpc) is 3.41. The largest absolute Gasteiger partial charge is 0.493 e. The van der Waals surface area contributed by atoms with Gasteiger partial charge in [-0.25, -0.2) is 4.90 Å². The van der Waals surface area contributed by atoms with Crippen molar-refractivity contribution in [3.63, 3.8) is 0 Å². The molecule has 0 fully saturated rings.